The van der Waals surface area contributed by atoms with Gasteiger partial charge in [0, 0.05) is 23.9 Å². The smallest absolute Gasteiger partial charge is 0.329 e. The maximum Gasteiger partial charge on any atom is 0.329 e. The van der Waals surface area contributed by atoms with E-state index in [2.05, 4.69) is 16.9 Å². The lowest BCUT2D eigenvalue weighted by atomic mass is 10.0. The summed E-state index contributed by atoms with van der Waals surface area (Å²) in [5.41, 5.74) is 8.70. The van der Waals surface area contributed by atoms with Crippen LogP contribution < -0.4 is 15.5 Å². The third kappa shape index (κ3) is 3.30. The molecule has 1 atom stereocenters. The highest BCUT2D eigenvalue weighted by Gasteiger charge is 2.38. The van der Waals surface area contributed by atoms with E-state index >= 15 is 0 Å². The highest BCUT2D eigenvalue weighted by Crippen LogP contribution is 2.37. The van der Waals surface area contributed by atoms with Crippen LogP contribution in [-0.2, 0) is 6.54 Å². The molecule has 148 valence electrons. The Balaban J connectivity index is 1.79. The predicted octanol–water partition coefficient (Wildman–Crippen LogP) is 3.54. The zero-order chi connectivity index (χ0) is 19.8. The fourth-order valence-corrected chi connectivity index (χ4v) is 4.28. The molecule has 6 nitrogen and oxygen atoms in total. The third-order valence-corrected chi connectivity index (χ3v) is 5.75. The van der Waals surface area contributed by atoms with E-state index in [4.69, 9.17) is 5.73 Å². The van der Waals surface area contributed by atoms with Crippen LogP contribution in [0.4, 0.5) is 26.4 Å². The average Bonchev–Trinajstić information content (AvgIpc) is 2.87. The monoisotopic (exact) mass is 383 g/mol. The van der Waals surface area contributed by atoms with E-state index < -0.39 is 0 Å². The molecule has 0 unspecified atom stereocenters. The molecule has 2 aromatic rings. The van der Waals surface area contributed by atoms with Crippen molar-refractivity contribution in [3.05, 3.63) is 47.4 Å². The van der Waals surface area contributed by atoms with Crippen LogP contribution in [0, 0.1) is 12.7 Å². The predicted molar refractivity (Wildman–Crippen MR) is 109 cm³/mol. The lowest BCUT2D eigenvalue weighted by molar-refractivity contribution is 0.246. The molecule has 0 saturated carbocycles. The number of aryl methyl sites for hydroxylation is 1. The summed E-state index contributed by atoms with van der Waals surface area (Å²) in [4.78, 5) is 23.5. The number of carbonyl (C=O) groups is 1. The number of aromatic nitrogens is 1. The van der Waals surface area contributed by atoms with E-state index in [1.54, 1.807) is 23.2 Å². The van der Waals surface area contributed by atoms with Crippen molar-refractivity contribution in [3.63, 3.8) is 0 Å². The van der Waals surface area contributed by atoms with Gasteiger partial charge in [0.25, 0.3) is 0 Å². The van der Waals surface area contributed by atoms with E-state index in [1.165, 1.54) is 6.07 Å². The molecule has 0 radical (unpaired) electrons. The molecule has 2 aliphatic rings. The fourth-order valence-electron chi connectivity index (χ4n) is 4.28. The summed E-state index contributed by atoms with van der Waals surface area (Å²) in [7, 11) is 2.10. The van der Waals surface area contributed by atoms with E-state index in [9.17, 15) is 9.18 Å². The van der Waals surface area contributed by atoms with Gasteiger partial charge in [-0.25, -0.2) is 14.2 Å². The normalized spacial score (nSPS) is 20.8. The number of hydrogen-bond donors (Lipinski definition) is 1. The van der Waals surface area contributed by atoms with Crippen molar-refractivity contribution >= 4 is 23.2 Å². The number of nitrogens with two attached hydrogens (primary N) is 1. The number of fused-ring (bicyclic) bond motifs is 1. The van der Waals surface area contributed by atoms with E-state index in [-0.39, 0.29) is 24.4 Å². The molecule has 1 aromatic heterocycles. The number of likely N-dealkylation sites (tertiary alicyclic amines) is 1. The minimum absolute atomic E-state index is 0.0490. The van der Waals surface area contributed by atoms with Crippen molar-refractivity contribution in [2.75, 3.05) is 35.7 Å². The summed E-state index contributed by atoms with van der Waals surface area (Å²) in [6, 6.07) is 6.52. The maximum absolute atomic E-state index is 14.7. The summed E-state index contributed by atoms with van der Waals surface area (Å²) in [6.07, 6.45) is 4.49. The van der Waals surface area contributed by atoms with Gasteiger partial charge in [0.1, 0.15) is 11.6 Å². The van der Waals surface area contributed by atoms with Gasteiger partial charge in [-0.15, -0.1) is 0 Å². The standard InChI is InChI=1S/C21H26FN5O/c1-14-5-3-7-17(22)20(14)26-13-15-12-24-19(23)11-18(15)27(21(26)28)16-6-4-9-25(2)10-8-16/h3,5,7,11-12,16H,4,6,8-10,13H2,1-2H3,(H2,23,24)/t16-/m1/s1. The van der Waals surface area contributed by atoms with Crippen LogP contribution in [0.15, 0.2) is 30.5 Å². The van der Waals surface area contributed by atoms with Crippen molar-refractivity contribution in [3.8, 4) is 0 Å². The Hall–Kier alpha value is -2.67. The number of nitrogen functional groups attached to an aromatic ring is 1. The minimum Gasteiger partial charge on any atom is -0.384 e. The van der Waals surface area contributed by atoms with E-state index in [1.807, 2.05) is 17.9 Å². The van der Waals surface area contributed by atoms with Gasteiger partial charge in [0.2, 0.25) is 0 Å². The van der Waals surface area contributed by atoms with Crippen LogP contribution in [0.3, 0.4) is 0 Å². The Bertz CT molecular complexity index is 882. The number of urea groups is 1. The summed E-state index contributed by atoms with van der Waals surface area (Å²) in [5, 5.41) is 0. The molecular formula is C21H26FN5O. The number of nitrogens with zero attached hydrogens (tertiary/aromatic N) is 4. The molecule has 1 aromatic carbocycles. The molecule has 7 heteroatoms. The highest BCUT2D eigenvalue weighted by atomic mass is 19.1. The molecule has 1 fully saturated rings. The minimum atomic E-state index is -0.388. The Morgan fingerprint density at radius 3 is 2.86 bits per heavy atom. The Labute approximate surface area is 164 Å². The second kappa shape index (κ2) is 7.39. The first-order chi connectivity index (χ1) is 13.5. The number of amides is 2. The van der Waals surface area contributed by atoms with Crippen molar-refractivity contribution in [1.29, 1.82) is 0 Å². The van der Waals surface area contributed by atoms with Crippen molar-refractivity contribution < 1.29 is 9.18 Å². The number of benzene rings is 1. The largest absolute Gasteiger partial charge is 0.384 e. The van der Waals surface area contributed by atoms with Crippen molar-refractivity contribution in [2.24, 2.45) is 0 Å². The molecule has 2 N–H and O–H groups in total. The van der Waals surface area contributed by atoms with Crippen LogP contribution in [0.2, 0.25) is 0 Å². The van der Waals surface area contributed by atoms with Crippen molar-refractivity contribution in [2.45, 2.75) is 38.8 Å². The molecule has 3 heterocycles. The summed E-state index contributed by atoms with van der Waals surface area (Å²) in [5.74, 6) is -0.00133. The number of carbonyl (C=O) groups excluding carboxylic acids is 1. The quantitative estimate of drug-likeness (QED) is 0.861. The molecule has 28 heavy (non-hydrogen) atoms. The number of anilines is 3. The molecule has 0 aliphatic carbocycles. The van der Waals surface area contributed by atoms with Gasteiger partial charge in [-0.2, -0.15) is 0 Å². The molecule has 1 saturated heterocycles. The Morgan fingerprint density at radius 1 is 1.25 bits per heavy atom. The van der Waals surface area contributed by atoms with Crippen LogP contribution >= 0.6 is 0 Å². The van der Waals surface area contributed by atoms with Gasteiger partial charge in [-0.1, -0.05) is 12.1 Å². The van der Waals surface area contributed by atoms with Gasteiger partial charge < -0.3 is 10.6 Å². The van der Waals surface area contributed by atoms with E-state index in [0.717, 1.165) is 49.2 Å². The van der Waals surface area contributed by atoms with Crippen LogP contribution in [0.1, 0.15) is 30.4 Å². The zero-order valence-corrected chi connectivity index (χ0v) is 16.4. The summed E-state index contributed by atoms with van der Waals surface area (Å²) in [6.45, 7) is 4.04. The van der Waals surface area contributed by atoms with Crippen LogP contribution in [0.25, 0.3) is 0 Å². The molecular weight excluding hydrogens is 357 g/mol. The first-order valence-corrected chi connectivity index (χ1v) is 9.74. The number of para-hydroxylation sites is 1. The second-order valence-electron chi connectivity index (χ2n) is 7.77. The number of halogens is 1. The van der Waals surface area contributed by atoms with Gasteiger partial charge in [0.15, 0.2) is 0 Å². The number of pyridine rings is 1. The molecule has 4 rings (SSSR count). The fraction of sp³-hybridized carbons (Fsp3) is 0.429. The summed E-state index contributed by atoms with van der Waals surface area (Å²) < 4.78 is 14.7. The van der Waals surface area contributed by atoms with Gasteiger partial charge in [-0.3, -0.25) is 9.80 Å². The topological polar surface area (TPSA) is 65.7 Å². The lowest BCUT2D eigenvalue weighted by Gasteiger charge is -2.41. The van der Waals surface area contributed by atoms with Gasteiger partial charge in [0.05, 0.1) is 17.9 Å². The van der Waals surface area contributed by atoms with Gasteiger partial charge >= 0.3 is 6.03 Å². The van der Waals surface area contributed by atoms with Crippen LogP contribution in [-0.4, -0.2) is 42.1 Å². The molecule has 0 bridgehead atoms. The van der Waals surface area contributed by atoms with Gasteiger partial charge in [-0.05, 0) is 58.0 Å². The van der Waals surface area contributed by atoms with Crippen molar-refractivity contribution in [1.82, 2.24) is 9.88 Å². The van der Waals surface area contributed by atoms with E-state index in [0.29, 0.717) is 11.5 Å². The molecule has 2 amide bonds. The number of rotatable bonds is 2. The first kappa shape index (κ1) is 18.7. The number of hydrogen-bond acceptors (Lipinski definition) is 4. The Kier molecular flexibility index (Phi) is 4.93. The second-order valence-corrected chi connectivity index (χ2v) is 7.77. The third-order valence-electron chi connectivity index (χ3n) is 5.75. The first-order valence-electron chi connectivity index (χ1n) is 9.74. The maximum atomic E-state index is 14.7. The van der Waals surface area contributed by atoms with Crippen LogP contribution in [0.5, 0.6) is 0 Å². The lowest BCUT2D eigenvalue weighted by Crippen LogP contribution is -2.52. The summed E-state index contributed by atoms with van der Waals surface area (Å²) >= 11 is 0. The molecule has 2 aliphatic heterocycles. The molecule has 0 spiro atoms. The SMILES string of the molecule is Cc1cccc(F)c1N1Cc2cnc(N)cc2N([C@@H]2CCCN(C)CC2)C1=O. The zero-order valence-electron chi connectivity index (χ0n) is 16.4. The highest BCUT2D eigenvalue weighted by molar-refractivity contribution is 6.07. The Morgan fingerprint density at radius 2 is 2.07 bits per heavy atom. The average molecular weight is 383 g/mol.